The molecule has 2 atom stereocenters. The smallest absolute Gasteiger partial charge is 0.0205 e. The van der Waals surface area contributed by atoms with Crippen molar-refractivity contribution in [2.24, 2.45) is 11.8 Å². The lowest BCUT2D eigenvalue weighted by Gasteiger charge is -2.28. The Morgan fingerprint density at radius 1 is 1.18 bits per heavy atom. The number of benzene rings is 1. The summed E-state index contributed by atoms with van der Waals surface area (Å²) in [5.74, 6) is 1.79. The average molecular weight is 296 g/mol. The summed E-state index contributed by atoms with van der Waals surface area (Å²) in [7, 11) is 0. The molecule has 0 aliphatic heterocycles. The van der Waals surface area contributed by atoms with E-state index in [-0.39, 0.29) is 0 Å². The van der Waals surface area contributed by atoms with E-state index in [9.17, 15) is 0 Å². The molecule has 1 fully saturated rings. The topological polar surface area (TPSA) is 12.0 Å². The van der Waals surface area contributed by atoms with Crippen LogP contribution in [0.4, 0.5) is 0 Å². The van der Waals surface area contributed by atoms with Crippen LogP contribution >= 0.6 is 15.9 Å². The van der Waals surface area contributed by atoms with Crippen molar-refractivity contribution < 1.29 is 0 Å². The molecule has 0 radical (unpaired) electrons. The maximum Gasteiger partial charge on any atom is 0.0205 e. The fourth-order valence-electron chi connectivity index (χ4n) is 2.70. The second-order valence-electron chi connectivity index (χ2n) is 5.28. The largest absolute Gasteiger partial charge is 0.312 e. The molecule has 94 valence electrons. The molecule has 0 bridgehead atoms. The van der Waals surface area contributed by atoms with Gasteiger partial charge in [0, 0.05) is 11.0 Å². The molecular formula is C15H22BrN. The normalized spacial score (nSPS) is 24.8. The summed E-state index contributed by atoms with van der Waals surface area (Å²) in [6, 6.07) is 8.59. The third-order valence-corrected chi connectivity index (χ3v) is 4.47. The molecule has 2 heteroatoms. The van der Waals surface area contributed by atoms with Gasteiger partial charge in [-0.1, -0.05) is 54.2 Å². The summed E-state index contributed by atoms with van der Waals surface area (Å²) in [5.41, 5.74) is 1.37. The minimum atomic E-state index is 0.888. The molecule has 17 heavy (non-hydrogen) atoms. The molecule has 1 aliphatic rings. The van der Waals surface area contributed by atoms with Gasteiger partial charge in [-0.15, -0.1) is 0 Å². The second kappa shape index (κ2) is 6.55. The Kier molecular flexibility index (Phi) is 5.05. The molecule has 1 N–H and O–H groups in total. The van der Waals surface area contributed by atoms with Crippen LogP contribution in [-0.2, 0) is 6.54 Å². The molecule has 1 nitrogen and oxygen atoms in total. The van der Waals surface area contributed by atoms with Gasteiger partial charge in [-0.05, 0) is 42.5 Å². The van der Waals surface area contributed by atoms with Gasteiger partial charge in [-0.3, -0.25) is 0 Å². The zero-order valence-electron chi connectivity index (χ0n) is 10.6. The lowest BCUT2D eigenvalue weighted by Crippen LogP contribution is -2.29. The SMILES string of the molecule is CC1CCCCC1CNCc1ccc(Br)cc1. The van der Waals surface area contributed by atoms with Crippen LogP contribution in [0.25, 0.3) is 0 Å². The van der Waals surface area contributed by atoms with Crippen molar-refractivity contribution in [2.45, 2.75) is 39.2 Å². The number of halogens is 1. The van der Waals surface area contributed by atoms with Gasteiger partial charge in [-0.25, -0.2) is 0 Å². The maximum absolute atomic E-state index is 3.61. The van der Waals surface area contributed by atoms with Crippen molar-refractivity contribution in [2.75, 3.05) is 6.54 Å². The molecule has 0 spiro atoms. The number of hydrogen-bond acceptors (Lipinski definition) is 1. The zero-order chi connectivity index (χ0) is 12.1. The molecule has 1 aromatic rings. The standard InChI is InChI=1S/C15H22BrN/c1-12-4-2-3-5-14(12)11-17-10-13-6-8-15(16)9-7-13/h6-9,12,14,17H,2-5,10-11H2,1H3. The van der Waals surface area contributed by atoms with Crippen molar-refractivity contribution in [3.8, 4) is 0 Å². The van der Waals surface area contributed by atoms with E-state index in [1.807, 2.05) is 0 Å². The van der Waals surface area contributed by atoms with E-state index >= 15 is 0 Å². The average Bonchev–Trinajstić information content (AvgIpc) is 2.34. The second-order valence-corrected chi connectivity index (χ2v) is 6.19. The number of rotatable bonds is 4. The fraction of sp³-hybridized carbons (Fsp3) is 0.600. The summed E-state index contributed by atoms with van der Waals surface area (Å²) in [4.78, 5) is 0. The summed E-state index contributed by atoms with van der Waals surface area (Å²) in [6.07, 6.45) is 5.69. The molecule has 1 saturated carbocycles. The molecule has 0 aromatic heterocycles. The minimum Gasteiger partial charge on any atom is -0.312 e. The molecule has 1 aliphatic carbocycles. The molecule has 1 aromatic carbocycles. The van der Waals surface area contributed by atoms with Gasteiger partial charge >= 0.3 is 0 Å². The summed E-state index contributed by atoms with van der Waals surface area (Å²) >= 11 is 3.46. The molecule has 2 rings (SSSR count). The molecule has 0 heterocycles. The Hall–Kier alpha value is -0.340. The third kappa shape index (κ3) is 4.11. The molecule has 0 amide bonds. The summed E-state index contributed by atoms with van der Waals surface area (Å²) in [5, 5.41) is 3.61. The van der Waals surface area contributed by atoms with Crippen molar-refractivity contribution in [3.63, 3.8) is 0 Å². The fourth-order valence-corrected chi connectivity index (χ4v) is 2.96. The van der Waals surface area contributed by atoms with Crippen LogP contribution in [0.3, 0.4) is 0 Å². The summed E-state index contributed by atoms with van der Waals surface area (Å²) < 4.78 is 1.15. The van der Waals surface area contributed by atoms with Crippen LogP contribution in [-0.4, -0.2) is 6.54 Å². The van der Waals surface area contributed by atoms with Crippen molar-refractivity contribution in [1.82, 2.24) is 5.32 Å². The first kappa shape index (κ1) is 13.1. The van der Waals surface area contributed by atoms with E-state index in [1.54, 1.807) is 0 Å². The Morgan fingerprint density at radius 3 is 2.59 bits per heavy atom. The number of hydrogen-bond donors (Lipinski definition) is 1. The molecular weight excluding hydrogens is 274 g/mol. The van der Waals surface area contributed by atoms with Gasteiger partial charge in [-0.2, -0.15) is 0 Å². The highest BCUT2D eigenvalue weighted by Gasteiger charge is 2.20. The quantitative estimate of drug-likeness (QED) is 0.870. The van der Waals surface area contributed by atoms with Gasteiger partial charge in [0.05, 0.1) is 0 Å². The van der Waals surface area contributed by atoms with Gasteiger partial charge in [0.25, 0.3) is 0 Å². The Bertz CT molecular complexity index is 333. The van der Waals surface area contributed by atoms with Gasteiger partial charge in [0.15, 0.2) is 0 Å². The van der Waals surface area contributed by atoms with Crippen molar-refractivity contribution >= 4 is 15.9 Å². The van der Waals surface area contributed by atoms with E-state index < -0.39 is 0 Å². The van der Waals surface area contributed by atoms with Crippen LogP contribution in [0.1, 0.15) is 38.2 Å². The van der Waals surface area contributed by atoms with Gasteiger partial charge in [0.2, 0.25) is 0 Å². The van der Waals surface area contributed by atoms with Crippen LogP contribution < -0.4 is 5.32 Å². The monoisotopic (exact) mass is 295 g/mol. The number of nitrogens with one attached hydrogen (secondary N) is 1. The van der Waals surface area contributed by atoms with E-state index in [1.165, 1.54) is 37.8 Å². The van der Waals surface area contributed by atoms with Gasteiger partial charge in [0.1, 0.15) is 0 Å². The van der Waals surface area contributed by atoms with Crippen LogP contribution in [0.5, 0.6) is 0 Å². The first-order chi connectivity index (χ1) is 8.25. The first-order valence-corrected chi connectivity index (χ1v) is 7.50. The minimum absolute atomic E-state index is 0.888. The van der Waals surface area contributed by atoms with Crippen LogP contribution in [0, 0.1) is 11.8 Å². The highest BCUT2D eigenvalue weighted by atomic mass is 79.9. The molecule has 0 saturated heterocycles. The highest BCUT2D eigenvalue weighted by Crippen LogP contribution is 2.28. The van der Waals surface area contributed by atoms with Crippen molar-refractivity contribution in [1.29, 1.82) is 0 Å². The van der Waals surface area contributed by atoms with E-state index in [0.717, 1.165) is 22.9 Å². The van der Waals surface area contributed by atoms with Crippen LogP contribution in [0.15, 0.2) is 28.7 Å². The zero-order valence-corrected chi connectivity index (χ0v) is 12.2. The predicted molar refractivity (Wildman–Crippen MR) is 77.0 cm³/mol. The lowest BCUT2D eigenvalue weighted by atomic mass is 9.80. The maximum atomic E-state index is 3.61. The Morgan fingerprint density at radius 2 is 1.88 bits per heavy atom. The summed E-state index contributed by atoms with van der Waals surface area (Å²) in [6.45, 7) is 4.58. The van der Waals surface area contributed by atoms with E-state index in [2.05, 4.69) is 52.4 Å². The predicted octanol–water partition coefficient (Wildman–Crippen LogP) is 4.37. The van der Waals surface area contributed by atoms with E-state index in [4.69, 9.17) is 0 Å². The Labute approximate surface area is 113 Å². The highest BCUT2D eigenvalue weighted by molar-refractivity contribution is 9.10. The van der Waals surface area contributed by atoms with Crippen molar-refractivity contribution in [3.05, 3.63) is 34.3 Å². The first-order valence-electron chi connectivity index (χ1n) is 6.71. The Balaban J connectivity index is 1.73. The van der Waals surface area contributed by atoms with Gasteiger partial charge < -0.3 is 5.32 Å². The lowest BCUT2D eigenvalue weighted by molar-refractivity contribution is 0.247. The van der Waals surface area contributed by atoms with Crippen LogP contribution in [0.2, 0.25) is 0 Å². The third-order valence-electron chi connectivity index (χ3n) is 3.94. The molecule has 2 unspecified atom stereocenters. The van der Waals surface area contributed by atoms with E-state index in [0.29, 0.717) is 0 Å².